The maximum absolute atomic E-state index is 12.5. The molecule has 1 N–H and O–H groups in total. The predicted molar refractivity (Wildman–Crippen MR) is 121 cm³/mol. The fourth-order valence-corrected chi connectivity index (χ4v) is 3.56. The first-order valence-corrected chi connectivity index (χ1v) is 10.1. The van der Waals surface area contributed by atoms with E-state index in [0.29, 0.717) is 0 Å². The Labute approximate surface area is 185 Å². The molecule has 4 aromatic rings. The van der Waals surface area contributed by atoms with Crippen LogP contribution in [0.1, 0.15) is 21.6 Å². The number of halogens is 1. The van der Waals surface area contributed by atoms with Gasteiger partial charge in [0.25, 0.3) is 5.91 Å². The quantitative estimate of drug-likeness (QED) is 0.250. The Bertz CT molecular complexity index is 1320. The number of rotatable bonds is 6. The molecule has 0 aliphatic rings. The number of hydrogen-bond donors (Lipinski definition) is 1. The summed E-state index contributed by atoms with van der Waals surface area (Å²) < 4.78 is 2.25. The molecular formula is C22H16BrN5O3. The Hall–Kier alpha value is -3.85. The topological polar surface area (TPSA) is 102 Å². The number of amides is 1. The summed E-state index contributed by atoms with van der Waals surface area (Å²) in [5.41, 5.74) is 3.31. The molecule has 4 rings (SSSR count). The van der Waals surface area contributed by atoms with Crippen LogP contribution in [0.15, 0.2) is 82.5 Å². The minimum atomic E-state index is -0.753. The van der Waals surface area contributed by atoms with Crippen molar-refractivity contribution in [2.24, 2.45) is 5.10 Å². The Morgan fingerprint density at radius 1 is 1.13 bits per heavy atom. The van der Waals surface area contributed by atoms with Crippen LogP contribution in [0, 0.1) is 10.1 Å². The van der Waals surface area contributed by atoms with Crippen molar-refractivity contribution in [2.75, 3.05) is 0 Å². The Kier molecular flexibility index (Phi) is 5.85. The van der Waals surface area contributed by atoms with Gasteiger partial charge in [-0.2, -0.15) is 10.2 Å². The number of hydrogen-bond acceptors (Lipinski definition) is 5. The van der Waals surface area contributed by atoms with E-state index < -0.39 is 10.8 Å². The second-order valence-electron chi connectivity index (χ2n) is 6.75. The monoisotopic (exact) mass is 477 g/mol. The molecule has 31 heavy (non-hydrogen) atoms. The van der Waals surface area contributed by atoms with Gasteiger partial charge in [0.2, 0.25) is 5.69 Å². The summed E-state index contributed by atoms with van der Waals surface area (Å²) in [6, 6.07) is 21.1. The van der Waals surface area contributed by atoms with Gasteiger partial charge < -0.3 is 0 Å². The Morgan fingerprint density at radius 2 is 1.94 bits per heavy atom. The second kappa shape index (κ2) is 8.88. The van der Waals surface area contributed by atoms with E-state index in [-0.39, 0.29) is 17.9 Å². The zero-order valence-corrected chi connectivity index (χ0v) is 17.7. The number of hydrazone groups is 1. The number of fused-ring (bicyclic) bond motifs is 1. The maximum Gasteiger partial charge on any atom is 0.320 e. The minimum absolute atomic E-state index is 0.286. The van der Waals surface area contributed by atoms with Gasteiger partial charge in [-0.3, -0.25) is 19.6 Å². The fourth-order valence-electron chi connectivity index (χ4n) is 3.12. The summed E-state index contributed by atoms with van der Waals surface area (Å²) in [4.78, 5) is 23.2. The Balaban J connectivity index is 1.50. The van der Waals surface area contributed by atoms with Crippen molar-refractivity contribution in [1.29, 1.82) is 0 Å². The van der Waals surface area contributed by atoms with Crippen LogP contribution < -0.4 is 5.43 Å². The third-order valence-electron chi connectivity index (χ3n) is 4.54. The molecule has 0 spiro atoms. The maximum atomic E-state index is 12.5. The largest absolute Gasteiger partial charge is 0.320 e. The molecule has 8 nitrogen and oxygen atoms in total. The molecular weight excluding hydrogens is 462 g/mol. The SMILES string of the molecule is O=C(N/N=C/c1ccc2ccccc2c1)c1nn(Cc2cccc(Br)c2)cc1[N+](=O)[O-]. The van der Waals surface area contributed by atoms with Gasteiger partial charge in [0, 0.05) is 4.47 Å². The predicted octanol–water partition coefficient (Wildman–Crippen LogP) is 4.52. The third kappa shape index (κ3) is 4.84. The van der Waals surface area contributed by atoms with Crippen molar-refractivity contribution in [3.63, 3.8) is 0 Å². The van der Waals surface area contributed by atoms with E-state index in [1.165, 1.54) is 17.1 Å². The molecule has 1 heterocycles. The first-order chi connectivity index (χ1) is 15.0. The molecule has 0 saturated heterocycles. The highest BCUT2D eigenvalue weighted by Gasteiger charge is 2.25. The molecule has 0 radical (unpaired) electrons. The summed E-state index contributed by atoms with van der Waals surface area (Å²) in [5.74, 6) is -0.753. The van der Waals surface area contributed by atoms with Crippen LogP contribution in [-0.4, -0.2) is 26.8 Å². The molecule has 0 unspecified atom stereocenters. The van der Waals surface area contributed by atoms with Crippen molar-refractivity contribution < 1.29 is 9.72 Å². The number of nitrogens with one attached hydrogen (secondary N) is 1. The highest BCUT2D eigenvalue weighted by molar-refractivity contribution is 9.10. The smallest absolute Gasteiger partial charge is 0.265 e. The molecule has 0 bridgehead atoms. The first kappa shape index (κ1) is 20.4. The number of nitro groups is 1. The van der Waals surface area contributed by atoms with E-state index >= 15 is 0 Å². The summed E-state index contributed by atoms with van der Waals surface area (Å²) >= 11 is 3.38. The lowest BCUT2D eigenvalue weighted by atomic mass is 10.1. The molecule has 0 aliphatic heterocycles. The van der Waals surface area contributed by atoms with Crippen LogP contribution in [0.5, 0.6) is 0 Å². The van der Waals surface area contributed by atoms with Crippen LogP contribution in [0.2, 0.25) is 0 Å². The standard InChI is InChI=1S/C22H16BrN5O3/c23-19-7-3-4-16(11-19)13-27-14-20(28(30)31)21(26-27)22(29)25-24-12-15-8-9-17-5-1-2-6-18(17)10-15/h1-12,14H,13H2,(H,25,29)/b24-12+. The Morgan fingerprint density at radius 3 is 2.71 bits per heavy atom. The number of carbonyl (C=O) groups excluding carboxylic acids is 1. The average molecular weight is 478 g/mol. The lowest BCUT2D eigenvalue weighted by Gasteiger charge is -2.02. The zero-order chi connectivity index (χ0) is 21.8. The van der Waals surface area contributed by atoms with Crippen LogP contribution in [0.25, 0.3) is 10.8 Å². The normalized spacial score (nSPS) is 11.1. The van der Waals surface area contributed by atoms with Gasteiger partial charge in [0.05, 0.1) is 17.7 Å². The van der Waals surface area contributed by atoms with Crippen LogP contribution in [-0.2, 0) is 6.54 Å². The van der Waals surface area contributed by atoms with Gasteiger partial charge >= 0.3 is 5.69 Å². The number of aromatic nitrogens is 2. The van der Waals surface area contributed by atoms with Gasteiger partial charge in [0.15, 0.2) is 0 Å². The molecule has 1 aromatic heterocycles. The number of benzene rings is 3. The van der Waals surface area contributed by atoms with Crippen LogP contribution in [0.3, 0.4) is 0 Å². The van der Waals surface area contributed by atoms with Crippen molar-refractivity contribution in [2.45, 2.75) is 6.54 Å². The van der Waals surface area contributed by atoms with Crippen LogP contribution >= 0.6 is 15.9 Å². The van der Waals surface area contributed by atoms with Crippen molar-refractivity contribution >= 4 is 44.5 Å². The summed E-state index contributed by atoms with van der Waals surface area (Å²) in [5, 5.41) is 21.6. The molecule has 0 fully saturated rings. The fraction of sp³-hybridized carbons (Fsp3) is 0.0455. The summed E-state index contributed by atoms with van der Waals surface area (Å²) in [7, 11) is 0. The van der Waals surface area contributed by atoms with Gasteiger partial charge in [-0.15, -0.1) is 0 Å². The number of carbonyl (C=O) groups is 1. The first-order valence-electron chi connectivity index (χ1n) is 9.28. The highest BCUT2D eigenvalue weighted by Crippen LogP contribution is 2.19. The van der Waals surface area contributed by atoms with E-state index in [4.69, 9.17) is 0 Å². The molecule has 0 saturated carbocycles. The average Bonchev–Trinajstić information content (AvgIpc) is 3.18. The van der Waals surface area contributed by atoms with Crippen molar-refractivity contribution in [3.8, 4) is 0 Å². The van der Waals surface area contributed by atoms with Gasteiger partial charge in [0.1, 0.15) is 6.20 Å². The van der Waals surface area contributed by atoms with E-state index in [9.17, 15) is 14.9 Å². The second-order valence-corrected chi connectivity index (χ2v) is 7.67. The van der Waals surface area contributed by atoms with E-state index in [2.05, 4.69) is 31.6 Å². The molecule has 3 aromatic carbocycles. The lowest BCUT2D eigenvalue weighted by Crippen LogP contribution is -2.19. The summed E-state index contributed by atoms with van der Waals surface area (Å²) in [6.45, 7) is 0.286. The summed E-state index contributed by atoms with van der Waals surface area (Å²) in [6.07, 6.45) is 2.72. The van der Waals surface area contributed by atoms with E-state index in [1.54, 1.807) is 0 Å². The molecule has 9 heteroatoms. The van der Waals surface area contributed by atoms with E-state index in [1.807, 2.05) is 66.7 Å². The lowest BCUT2D eigenvalue weighted by molar-refractivity contribution is -0.385. The highest BCUT2D eigenvalue weighted by atomic mass is 79.9. The molecule has 0 atom stereocenters. The van der Waals surface area contributed by atoms with Crippen LogP contribution in [0.4, 0.5) is 5.69 Å². The minimum Gasteiger partial charge on any atom is -0.265 e. The zero-order valence-electron chi connectivity index (χ0n) is 16.1. The molecule has 0 aliphatic carbocycles. The van der Waals surface area contributed by atoms with Crippen molar-refractivity contribution in [3.05, 3.63) is 104 Å². The number of nitrogens with zero attached hydrogens (tertiary/aromatic N) is 4. The van der Waals surface area contributed by atoms with Gasteiger partial charge in [-0.05, 0) is 40.1 Å². The van der Waals surface area contributed by atoms with Gasteiger partial charge in [-0.1, -0.05) is 64.5 Å². The van der Waals surface area contributed by atoms with Crippen molar-refractivity contribution in [1.82, 2.24) is 15.2 Å². The van der Waals surface area contributed by atoms with Gasteiger partial charge in [-0.25, -0.2) is 5.43 Å². The molecule has 154 valence electrons. The van der Waals surface area contributed by atoms with E-state index in [0.717, 1.165) is 26.4 Å². The third-order valence-corrected chi connectivity index (χ3v) is 5.03. The molecule has 1 amide bonds.